The molecule has 1 aromatic heterocycles. The van der Waals surface area contributed by atoms with Crippen LogP contribution in [0.15, 0.2) is 42.6 Å². The normalized spacial score (nSPS) is 16.4. The summed E-state index contributed by atoms with van der Waals surface area (Å²) < 4.78 is 11.3. The molecule has 150 valence electrons. The van der Waals surface area contributed by atoms with E-state index in [9.17, 15) is 9.90 Å². The van der Waals surface area contributed by atoms with Crippen LogP contribution in [-0.2, 0) is 11.3 Å². The van der Waals surface area contributed by atoms with Crippen molar-refractivity contribution in [3.8, 4) is 11.5 Å². The number of anilines is 1. The minimum absolute atomic E-state index is 0.406. The standard InChI is InChI=1S/C21H27N3O4/c1-23(2)19-9-8-16(14-22-19)15-24-12-10-21(11-13-24,20(25)26)28-18-7-5-4-6-17(18)27-3/h4-9,14H,10-13,15H2,1-3H3,(H,25,26). The molecule has 2 heterocycles. The molecule has 3 rings (SSSR count). The molecule has 0 saturated carbocycles. The Bertz CT molecular complexity index is 800. The third-order valence-corrected chi connectivity index (χ3v) is 5.10. The Kier molecular flexibility index (Phi) is 6.04. The number of carboxylic acid groups (broad SMARTS) is 1. The van der Waals surface area contributed by atoms with Gasteiger partial charge in [0.1, 0.15) is 5.82 Å². The highest BCUT2D eigenvalue weighted by atomic mass is 16.5. The van der Waals surface area contributed by atoms with E-state index in [0.717, 1.165) is 17.9 Å². The van der Waals surface area contributed by atoms with Crippen molar-refractivity contribution in [3.63, 3.8) is 0 Å². The highest BCUT2D eigenvalue weighted by molar-refractivity contribution is 5.78. The van der Waals surface area contributed by atoms with Gasteiger partial charge in [0.15, 0.2) is 11.5 Å². The van der Waals surface area contributed by atoms with Gasteiger partial charge in [-0.25, -0.2) is 9.78 Å². The smallest absolute Gasteiger partial charge is 0.348 e. The van der Waals surface area contributed by atoms with Crippen molar-refractivity contribution in [2.45, 2.75) is 25.0 Å². The number of nitrogens with zero attached hydrogens (tertiary/aromatic N) is 3. The Morgan fingerprint density at radius 1 is 1.18 bits per heavy atom. The number of aliphatic carboxylic acids is 1. The summed E-state index contributed by atoms with van der Waals surface area (Å²) in [4.78, 5) is 20.7. The zero-order valence-electron chi connectivity index (χ0n) is 16.6. The summed E-state index contributed by atoms with van der Waals surface area (Å²) in [5, 5.41) is 9.87. The molecule has 0 aliphatic carbocycles. The molecule has 1 aliphatic heterocycles. The molecule has 0 atom stereocenters. The number of hydrogen-bond donors (Lipinski definition) is 1. The Labute approximate surface area is 165 Å². The summed E-state index contributed by atoms with van der Waals surface area (Å²) in [7, 11) is 5.47. The minimum Gasteiger partial charge on any atom is -0.493 e. The molecule has 7 heteroatoms. The van der Waals surface area contributed by atoms with E-state index in [0.29, 0.717) is 37.4 Å². The van der Waals surface area contributed by atoms with E-state index in [4.69, 9.17) is 9.47 Å². The number of carboxylic acids is 1. The number of piperidine rings is 1. The van der Waals surface area contributed by atoms with Crippen LogP contribution >= 0.6 is 0 Å². The first kappa shape index (κ1) is 19.9. The first-order valence-electron chi connectivity index (χ1n) is 9.33. The first-order chi connectivity index (χ1) is 13.4. The number of likely N-dealkylation sites (tertiary alicyclic amines) is 1. The lowest BCUT2D eigenvalue weighted by Crippen LogP contribution is -2.53. The van der Waals surface area contributed by atoms with Gasteiger partial charge in [0.2, 0.25) is 5.60 Å². The summed E-state index contributed by atoms with van der Waals surface area (Å²) in [5.74, 6) is 0.981. The van der Waals surface area contributed by atoms with Crippen LogP contribution in [0.4, 0.5) is 5.82 Å². The molecule has 0 radical (unpaired) electrons. The molecule has 0 spiro atoms. The second-order valence-corrected chi connectivity index (χ2v) is 7.25. The monoisotopic (exact) mass is 385 g/mol. The summed E-state index contributed by atoms with van der Waals surface area (Å²) in [6, 6.07) is 11.2. The second kappa shape index (κ2) is 8.48. The lowest BCUT2D eigenvalue weighted by molar-refractivity contribution is -0.160. The molecule has 1 saturated heterocycles. The van der Waals surface area contributed by atoms with Gasteiger partial charge in [-0.15, -0.1) is 0 Å². The fourth-order valence-corrected chi connectivity index (χ4v) is 3.38. The molecular formula is C21H27N3O4. The molecule has 0 unspecified atom stereocenters. The molecule has 2 aromatic rings. The SMILES string of the molecule is COc1ccccc1OC1(C(=O)O)CCN(Cc2ccc(N(C)C)nc2)CC1. The van der Waals surface area contributed by atoms with Gasteiger partial charge in [0.25, 0.3) is 0 Å². The molecule has 1 N–H and O–H groups in total. The van der Waals surface area contributed by atoms with E-state index in [1.54, 1.807) is 19.2 Å². The van der Waals surface area contributed by atoms with E-state index >= 15 is 0 Å². The fraction of sp³-hybridized carbons (Fsp3) is 0.429. The predicted octanol–water partition coefficient (Wildman–Crippen LogP) is 2.65. The Balaban J connectivity index is 1.66. The Morgan fingerprint density at radius 2 is 1.86 bits per heavy atom. The zero-order chi connectivity index (χ0) is 20.1. The number of rotatable bonds is 7. The molecule has 0 amide bonds. The Hall–Kier alpha value is -2.80. The van der Waals surface area contributed by atoms with E-state index in [1.165, 1.54) is 0 Å². The van der Waals surface area contributed by atoms with E-state index in [1.807, 2.05) is 43.4 Å². The predicted molar refractivity (Wildman–Crippen MR) is 107 cm³/mol. The summed E-state index contributed by atoms with van der Waals surface area (Å²) in [6.07, 6.45) is 2.69. The molecule has 1 aromatic carbocycles. The van der Waals surface area contributed by atoms with Gasteiger partial charge in [-0.05, 0) is 23.8 Å². The van der Waals surface area contributed by atoms with Crippen molar-refractivity contribution in [1.29, 1.82) is 0 Å². The van der Waals surface area contributed by atoms with Crippen molar-refractivity contribution in [1.82, 2.24) is 9.88 Å². The number of aromatic nitrogens is 1. The van der Waals surface area contributed by atoms with Crippen LogP contribution in [0.5, 0.6) is 11.5 Å². The largest absolute Gasteiger partial charge is 0.493 e. The lowest BCUT2D eigenvalue weighted by atomic mass is 9.90. The van der Waals surface area contributed by atoms with Gasteiger partial charge in [-0.2, -0.15) is 0 Å². The van der Waals surface area contributed by atoms with E-state index in [-0.39, 0.29) is 0 Å². The van der Waals surface area contributed by atoms with Crippen LogP contribution < -0.4 is 14.4 Å². The van der Waals surface area contributed by atoms with Crippen LogP contribution in [0, 0.1) is 0 Å². The van der Waals surface area contributed by atoms with E-state index < -0.39 is 11.6 Å². The summed E-state index contributed by atoms with van der Waals surface area (Å²) >= 11 is 0. The third-order valence-electron chi connectivity index (χ3n) is 5.10. The van der Waals surface area contributed by atoms with Crippen LogP contribution in [-0.4, -0.2) is 60.9 Å². The molecule has 28 heavy (non-hydrogen) atoms. The van der Waals surface area contributed by atoms with Gasteiger partial charge in [0.05, 0.1) is 7.11 Å². The molecule has 0 bridgehead atoms. The summed E-state index contributed by atoms with van der Waals surface area (Å²) in [5.41, 5.74) is -0.128. The zero-order valence-corrected chi connectivity index (χ0v) is 16.6. The van der Waals surface area contributed by atoms with Gasteiger partial charge in [-0.3, -0.25) is 4.90 Å². The quantitative estimate of drug-likeness (QED) is 0.785. The van der Waals surface area contributed by atoms with Crippen LogP contribution in [0.2, 0.25) is 0 Å². The van der Waals surface area contributed by atoms with Gasteiger partial charge >= 0.3 is 5.97 Å². The molecule has 1 fully saturated rings. The molecular weight excluding hydrogens is 358 g/mol. The first-order valence-corrected chi connectivity index (χ1v) is 9.33. The van der Waals surface area contributed by atoms with Gasteiger partial charge in [-0.1, -0.05) is 18.2 Å². The van der Waals surface area contributed by atoms with Crippen molar-refractivity contribution in [2.75, 3.05) is 39.2 Å². The van der Waals surface area contributed by atoms with Crippen LogP contribution in [0.1, 0.15) is 18.4 Å². The van der Waals surface area contributed by atoms with Gasteiger partial charge in [0, 0.05) is 52.8 Å². The number of benzene rings is 1. The number of methoxy groups -OCH3 is 1. The van der Waals surface area contributed by atoms with Crippen molar-refractivity contribution >= 4 is 11.8 Å². The number of hydrogen-bond acceptors (Lipinski definition) is 6. The van der Waals surface area contributed by atoms with E-state index in [2.05, 4.69) is 16.0 Å². The third kappa shape index (κ3) is 4.36. The average Bonchev–Trinajstić information content (AvgIpc) is 2.70. The molecule has 7 nitrogen and oxygen atoms in total. The number of ether oxygens (including phenoxy) is 2. The minimum atomic E-state index is -1.24. The van der Waals surface area contributed by atoms with Crippen molar-refractivity contribution in [2.24, 2.45) is 0 Å². The Morgan fingerprint density at radius 3 is 2.39 bits per heavy atom. The summed E-state index contributed by atoms with van der Waals surface area (Å²) in [6.45, 7) is 2.01. The maximum absolute atomic E-state index is 12.0. The van der Waals surface area contributed by atoms with Crippen molar-refractivity contribution in [3.05, 3.63) is 48.2 Å². The van der Waals surface area contributed by atoms with Crippen molar-refractivity contribution < 1.29 is 19.4 Å². The van der Waals surface area contributed by atoms with Gasteiger partial charge < -0.3 is 19.5 Å². The number of carbonyl (C=O) groups is 1. The highest BCUT2D eigenvalue weighted by Gasteiger charge is 2.44. The highest BCUT2D eigenvalue weighted by Crippen LogP contribution is 2.35. The average molecular weight is 385 g/mol. The second-order valence-electron chi connectivity index (χ2n) is 7.25. The topological polar surface area (TPSA) is 75.1 Å². The maximum Gasteiger partial charge on any atom is 0.348 e. The number of para-hydroxylation sites is 2. The fourth-order valence-electron chi connectivity index (χ4n) is 3.38. The maximum atomic E-state index is 12.0. The molecule has 1 aliphatic rings. The van der Waals surface area contributed by atoms with Crippen LogP contribution in [0.25, 0.3) is 0 Å². The van der Waals surface area contributed by atoms with Crippen LogP contribution in [0.3, 0.4) is 0 Å². The lowest BCUT2D eigenvalue weighted by Gasteiger charge is -2.39. The number of pyridine rings is 1.